The van der Waals surface area contributed by atoms with Crippen LogP contribution in [0.4, 0.5) is 5.95 Å². The van der Waals surface area contributed by atoms with Gasteiger partial charge in [0.15, 0.2) is 0 Å². The fourth-order valence-electron chi connectivity index (χ4n) is 1.96. The summed E-state index contributed by atoms with van der Waals surface area (Å²) in [5.74, 6) is 0.444. The molecule has 2 N–H and O–H groups in total. The van der Waals surface area contributed by atoms with Crippen molar-refractivity contribution in [3.05, 3.63) is 51.1 Å². The molecule has 3 aromatic rings. The van der Waals surface area contributed by atoms with Gasteiger partial charge in [0.05, 0.1) is 16.1 Å². The number of fused-ring (bicyclic) bond motifs is 1. The van der Waals surface area contributed by atoms with Gasteiger partial charge in [-0.1, -0.05) is 17.7 Å². The molecular formula is C13H9ClIN3. The van der Waals surface area contributed by atoms with E-state index in [0.717, 1.165) is 16.7 Å². The molecule has 1 aromatic heterocycles. The van der Waals surface area contributed by atoms with E-state index in [1.54, 1.807) is 0 Å². The van der Waals surface area contributed by atoms with E-state index in [0.29, 0.717) is 11.0 Å². The highest BCUT2D eigenvalue weighted by atomic mass is 127. The van der Waals surface area contributed by atoms with Crippen LogP contribution in [0.5, 0.6) is 0 Å². The van der Waals surface area contributed by atoms with Gasteiger partial charge >= 0.3 is 0 Å². The molecule has 0 saturated heterocycles. The molecule has 90 valence electrons. The normalized spacial score (nSPS) is 11.0. The zero-order valence-corrected chi connectivity index (χ0v) is 12.2. The van der Waals surface area contributed by atoms with Crippen molar-refractivity contribution in [3.8, 4) is 5.69 Å². The number of halogens is 2. The minimum atomic E-state index is 0.444. The SMILES string of the molecule is Nc1nc2cccc(Cl)c2n1-c1ccc(I)cc1. The van der Waals surface area contributed by atoms with Gasteiger partial charge in [-0.15, -0.1) is 0 Å². The van der Waals surface area contributed by atoms with Crippen molar-refractivity contribution in [1.29, 1.82) is 0 Å². The first-order valence-electron chi connectivity index (χ1n) is 5.35. The summed E-state index contributed by atoms with van der Waals surface area (Å²) in [4.78, 5) is 4.33. The second kappa shape index (κ2) is 4.44. The summed E-state index contributed by atoms with van der Waals surface area (Å²) in [7, 11) is 0. The lowest BCUT2D eigenvalue weighted by atomic mass is 10.3. The van der Waals surface area contributed by atoms with Crippen molar-refractivity contribution in [3.63, 3.8) is 0 Å². The fraction of sp³-hybridized carbons (Fsp3) is 0. The number of hydrogen-bond acceptors (Lipinski definition) is 2. The molecule has 18 heavy (non-hydrogen) atoms. The highest BCUT2D eigenvalue weighted by Crippen LogP contribution is 2.28. The molecular weight excluding hydrogens is 361 g/mol. The molecule has 5 heteroatoms. The van der Waals surface area contributed by atoms with Crippen molar-refractivity contribution in [2.24, 2.45) is 0 Å². The van der Waals surface area contributed by atoms with Crippen molar-refractivity contribution < 1.29 is 0 Å². The first-order chi connectivity index (χ1) is 8.66. The molecule has 0 fully saturated rings. The van der Waals surface area contributed by atoms with Gasteiger partial charge in [0.1, 0.15) is 0 Å². The summed E-state index contributed by atoms with van der Waals surface area (Å²) in [5, 5.41) is 0.648. The van der Waals surface area contributed by atoms with Crippen LogP contribution in [0, 0.1) is 3.57 Å². The van der Waals surface area contributed by atoms with Crippen molar-refractivity contribution in [2.45, 2.75) is 0 Å². The third kappa shape index (κ3) is 1.85. The van der Waals surface area contributed by atoms with Gasteiger partial charge in [-0.25, -0.2) is 4.98 Å². The number of anilines is 1. The van der Waals surface area contributed by atoms with E-state index in [4.69, 9.17) is 17.3 Å². The van der Waals surface area contributed by atoms with E-state index in [1.165, 1.54) is 3.57 Å². The minimum Gasteiger partial charge on any atom is -0.369 e. The van der Waals surface area contributed by atoms with Crippen LogP contribution in [0.3, 0.4) is 0 Å². The summed E-state index contributed by atoms with van der Waals surface area (Å²) in [6.45, 7) is 0. The lowest BCUT2D eigenvalue weighted by molar-refractivity contribution is 1.11. The van der Waals surface area contributed by atoms with E-state index >= 15 is 0 Å². The van der Waals surface area contributed by atoms with Crippen LogP contribution in [-0.2, 0) is 0 Å². The molecule has 0 bridgehead atoms. The smallest absolute Gasteiger partial charge is 0.205 e. The molecule has 1 heterocycles. The van der Waals surface area contributed by atoms with Gasteiger partial charge in [0, 0.05) is 9.26 Å². The predicted octanol–water partition coefficient (Wildman–Crippen LogP) is 3.87. The number of nitrogens with two attached hydrogens (primary N) is 1. The monoisotopic (exact) mass is 369 g/mol. The van der Waals surface area contributed by atoms with Gasteiger partial charge in [0.25, 0.3) is 0 Å². The van der Waals surface area contributed by atoms with Crippen LogP contribution in [0.25, 0.3) is 16.7 Å². The topological polar surface area (TPSA) is 43.8 Å². The van der Waals surface area contributed by atoms with Gasteiger partial charge in [-0.05, 0) is 59.0 Å². The van der Waals surface area contributed by atoms with E-state index in [-0.39, 0.29) is 0 Å². The fourth-order valence-corrected chi connectivity index (χ4v) is 2.57. The summed E-state index contributed by atoms with van der Waals surface area (Å²) in [5.41, 5.74) is 8.59. The molecule has 0 spiro atoms. The quantitative estimate of drug-likeness (QED) is 0.662. The number of nitrogens with zero attached hydrogens (tertiary/aromatic N) is 2. The molecule has 0 aliphatic carbocycles. The minimum absolute atomic E-state index is 0.444. The van der Waals surface area contributed by atoms with Crippen LogP contribution in [0.1, 0.15) is 0 Å². The van der Waals surface area contributed by atoms with Crippen LogP contribution >= 0.6 is 34.2 Å². The van der Waals surface area contributed by atoms with E-state index < -0.39 is 0 Å². The standard InChI is InChI=1S/C13H9ClIN3/c14-10-2-1-3-11-12(10)18(13(16)17-11)9-6-4-8(15)5-7-9/h1-7H,(H2,16,17). The Morgan fingerprint density at radius 1 is 1.11 bits per heavy atom. The predicted molar refractivity (Wildman–Crippen MR) is 83.2 cm³/mol. The Balaban J connectivity index is 2.34. The van der Waals surface area contributed by atoms with Crippen LogP contribution in [0.2, 0.25) is 5.02 Å². The Morgan fingerprint density at radius 2 is 1.83 bits per heavy atom. The van der Waals surface area contributed by atoms with Gasteiger partial charge in [-0.2, -0.15) is 0 Å². The molecule has 0 amide bonds. The molecule has 0 aliphatic heterocycles. The van der Waals surface area contributed by atoms with Crippen LogP contribution < -0.4 is 5.73 Å². The Bertz CT molecular complexity index is 719. The molecule has 0 unspecified atom stereocenters. The summed E-state index contributed by atoms with van der Waals surface area (Å²) in [6, 6.07) is 13.7. The second-order valence-corrected chi connectivity index (χ2v) is 5.54. The third-order valence-corrected chi connectivity index (χ3v) is 3.76. The first kappa shape index (κ1) is 11.8. The van der Waals surface area contributed by atoms with Crippen molar-refractivity contribution >= 4 is 51.2 Å². The second-order valence-electron chi connectivity index (χ2n) is 3.89. The van der Waals surface area contributed by atoms with Crippen molar-refractivity contribution in [1.82, 2.24) is 9.55 Å². The summed E-state index contributed by atoms with van der Waals surface area (Å²) >= 11 is 8.50. The molecule has 0 aliphatic rings. The number of aromatic nitrogens is 2. The molecule has 0 saturated carbocycles. The molecule has 3 nitrogen and oxygen atoms in total. The van der Waals surface area contributed by atoms with E-state index in [2.05, 4.69) is 27.6 Å². The van der Waals surface area contributed by atoms with E-state index in [9.17, 15) is 0 Å². The number of imidazole rings is 1. The third-order valence-electron chi connectivity index (χ3n) is 2.74. The Morgan fingerprint density at radius 3 is 2.56 bits per heavy atom. The Hall–Kier alpha value is -1.27. The Kier molecular flexibility index (Phi) is 2.91. The molecule has 0 atom stereocenters. The number of rotatable bonds is 1. The number of benzene rings is 2. The zero-order chi connectivity index (χ0) is 12.7. The average molecular weight is 370 g/mol. The van der Waals surface area contributed by atoms with Crippen LogP contribution in [-0.4, -0.2) is 9.55 Å². The molecule has 3 rings (SSSR count). The van der Waals surface area contributed by atoms with Crippen LogP contribution in [0.15, 0.2) is 42.5 Å². The highest BCUT2D eigenvalue weighted by Gasteiger charge is 2.12. The van der Waals surface area contributed by atoms with Gasteiger partial charge in [0.2, 0.25) is 5.95 Å². The number of para-hydroxylation sites is 1. The number of nitrogen functional groups attached to an aromatic ring is 1. The van der Waals surface area contributed by atoms with E-state index in [1.807, 2.05) is 47.0 Å². The van der Waals surface area contributed by atoms with Gasteiger partial charge in [-0.3, -0.25) is 4.57 Å². The maximum atomic E-state index is 6.24. The lowest BCUT2D eigenvalue weighted by Crippen LogP contribution is -2.00. The largest absolute Gasteiger partial charge is 0.369 e. The number of hydrogen-bond donors (Lipinski definition) is 1. The maximum absolute atomic E-state index is 6.24. The van der Waals surface area contributed by atoms with Gasteiger partial charge < -0.3 is 5.73 Å². The summed E-state index contributed by atoms with van der Waals surface area (Å²) in [6.07, 6.45) is 0. The zero-order valence-electron chi connectivity index (χ0n) is 9.27. The maximum Gasteiger partial charge on any atom is 0.205 e. The van der Waals surface area contributed by atoms with Crippen molar-refractivity contribution in [2.75, 3.05) is 5.73 Å². The lowest BCUT2D eigenvalue weighted by Gasteiger charge is -2.07. The first-order valence-corrected chi connectivity index (χ1v) is 6.81. The summed E-state index contributed by atoms with van der Waals surface area (Å²) < 4.78 is 3.04. The Labute approximate surface area is 123 Å². The molecule has 0 radical (unpaired) electrons. The average Bonchev–Trinajstić information content (AvgIpc) is 2.68. The highest BCUT2D eigenvalue weighted by molar-refractivity contribution is 14.1. The molecule has 2 aromatic carbocycles.